The molecule has 0 saturated carbocycles. The summed E-state index contributed by atoms with van der Waals surface area (Å²) in [6.07, 6.45) is 5.39. The van der Waals surface area contributed by atoms with Crippen molar-refractivity contribution in [1.82, 2.24) is 29.1 Å². The summed E-state index contributed by atoms with van der Waals surface area (Å²) in [6, 6.07) is 3.65. The monoisotopic (exact) mass is 422 g/mol. The van der Waals surface area contributed by atoms with Crippen LogP contribution in [-0.2, 0) is 15.0 Å². The first-order valence-corrected chi connectivity index (χ1v) is 11.0. The first-order chi connectivity index (χ1) is 13.9. The SMILES string of the molecule is CN(C)S(=O)(=O)N1CCCC(c2nc(-c3cccnc3)no2)CCNC(=O)CC1. The van der Waals surface area contributed by atoms with Crippen molar-refractivity contribution in [2.75, 3.05) is 33.7 Å². The molecule has 158 valence electrons. The van der Waals surface area contributed by atoms with Crippen LogP contribution < -0.4 is 5.32 Å². The fraction of sp³-hybridized carbons (Fsp3) is 0.556. The van der Waals surface area contributed by atoms with Gasteiger partial charge in [-0.05, 0) is 31.4 Å². The number of nitrogens with zero attached hydrogens (tertiary/aromatic N) is 5. The molecule has 0 spiro atoms. The zero-order chi connectivity index (χ0) is 20.9. The van der Waals surface area contributed by atoms with Crippen LogP contribution in [0.3, 0.4) is 0 Å². The molecule has 1 saturated heterocycles. The van der Waals surface area contributed by atoms with Crippen LogP contribution in [0.2, 0.25) is 0 Å². The Bertz CT molecular complexity index is 915. The Hall–Kier alpha value is -2.37. The van der Waals surface area contributed by atoms with Crippen molar-refractivity contribution < 1.29 is 17.7 Å². The molecule has 29 heavy (non-hydrogen) atoms. The van der Waals surface area contributed by atoms with E-state index in [0.717, 1.165) is 5.56 Å². The summed E-state index contributed by atoms with van der Waals surface area (Å²) < 4.78 is 33.0. The van der Waals surface area contributed by atoms with Crippen LogP contribution in [0.4, 0.5) is 0 Å². The second-order valence-corrected chi connectivity index (χ2v) is 9.26. The maximum Gasteiger partial charge on any atom is 0.281 e. The van der Waals surface area contributed by atoms with E-state index in [1.807, 2.05) is 6.07 Å². The highest BCUT2D eigenvalue weighted by atomic mass is 32.2. The molecular formula is C18H26N6O4S. The molecule has 1 amide bonds. The zero-order valence-electron chi connectivity index (χ0n) is 16.6. The minimum Gasteiger partial charge on any atom is -0.356 e. The standard InChI is InChI=1S/C18H26N6O4S/c1-23(2)29(26,27)24-11-4-6-14(7-10-20-16(25)8-12-24)18-21-17(22-28-18)15-5-3-9-19-13-15/h3,5,9,13-14H,4,6-8,10-12H2,1-2H3,(H,20,25). The molecule has 0 aromatic carbocycles. The van der Waals surface area contributed by atoms with Crippen LogP contribution in [0, 0.1) is 0 Å². The number of hydrogen-bond donors (Lipinski definition) is 1. The molecular weight excluding hydrogens is 396 g/mol. The average Bonchev–Trinajstić information content (AvgIpc) is 3.18. The van der Waals surface area contributed by atoms with Crippen molar-refractivity contribution in [2.45, 2.75) is 31.6 Å². The van der Waals surface area contributed by atoms with E-state index in [4.69, 9.17) is 4.52 Å². The lowest BCUT2D eigenvalue weighted by Gasteiger charge is -2.25. The summed E-state index contributed by atoms with van der Waals surface area (Å²) in [7, 11) is -0.613. The molecule has 0 aliphatic carbocycles. The molecule has 2 aromatic rings. The van der Waals surface area contributed by atoms with Gasteiger partial charge in [-0.25, -0.2) is 0 Å². The molecule has 11 heteroatoms. The van der Waals surface area contributed by atoms with E-state index in [-0.39, 0.29) is 24.8 Å². The van der Waals surface area contributed by atoms with Gasteiger partial charge < -0.3 is 9.84 Å². The average molecular weight is 423 g/mol. The Labute approximate surface area is 170 Å². The molecule has 1 atom stereocenters. The summed E-state index contributed by atoms with van der Waals surface area (Å²) in [5.74, 6) is 0.698. The Morgan fingerprint density at radius 2 is 2.10 bits per heavy atom. The van der Waals surface area contributed by atoms with Crippen LogP contribution in [0.15, 0.2) is 29.0 Å². The summed E-state index contributed by atoms with van der Waals surface area (Å²) in [5.41, 5.74) is 0.760. The van der Waals surface area contributed by atoms with E-state index in [9.17, 15) is 13.2 Å². The third-order valence-electron chi connectivity index (χ3n) is 4.86. The van der Waals surface area contributed by atoms with Gasteiger partial charge in [0.2, 0.25) is 17.6 Å². The number of aromatic nitrogens is 3. The normalized spacial score (nSPS) is 20.2. The van der Waals surface area contributed by atoms with Gasteiger partial charge in [-0.15, -0.1) is 0 Å². The highest BCUT2D eigenvalue weighted by Gasteiger charge is 2.27. The van der Waals surface area contributed by atoms with E-state index in [2.05, 4.69) is 20.4 Å². The summed E-state index contributed by atoms with van der Waals surface area (Å²) in [4.78, 5) is 20.6. The lowest BCUT2D eigenvalue weighted by molar-refractivity contribution is -0.121. The van der Waals surface area contributed by atoms with E-state index in [1.165, 1.54) is 22.7 Å². The molecule has 1 fully saturated rings. The minimum atomic E-state index is -3.59. The van der Waals surface area contributed by atoms with Gasteiger partial charge in [0.25, 0.3) is 10.2 Å². The van der Waals surface area contributed by atoms with Gasteiger partial charge in [0.1, 0.15) is 0 Å². The second-order valence-electron chi connectivity index (χ2n) is 7.11. The third kappa shape index (κ3) is 5.37. The van der Waals surface area contributed by atoms with Crippen LogP contribution in [0.25, 0.3) is 11.4 Å². The highest BCUT2D eigenvalue weighted by molar-refractivity contribution is 7.86. The number of hydrogen-bond acceptors (Lipinski definition) is 7. The second kappa shape index (κ2) is 9.42. The van der Waals surface area contributed by atoms with Crippen molar-refractivity contribution >= 4 is 16.1 Å². The number of rotatable bonds is 4. The van der Waals surface area contributed by atoms with E-state index in [0.29, 0.717) is 44.1 Å². The van der Waals surface area contributed by atoms with E-state index >= 15 is 0 Å². The van der Waals surface area contributed by atoms with Gasteiger partial charge >= 0.3 is 0 Å². The van der Waals surface area contributed by atoms with Gasteiger partial charge in [0.15, 0.2) is 0 Å². The molecule has 10 nitrogen and oxygen atoms in total. The van der Waals surface area contributed by atoms with Gasteiger partial charge in [-0.2, -0.15) is 22.0 Å². The van der Waals surface area contributed by atoms with Crippen LogP contribution in [-0.4, -0.2) is 71.8 Å². The Morgan fingerprint density at radius 1 is 1.28 bits per heavy atom. The molecule has 0 radical (unpaired) electrons. The van der Waals surface area contributed by atoms with Gasteiger partial charge in [0, 0.05) is 64.0 Å². The van der Waals surface area contributed by atoms with Crippen molar-refractivity contribution in [2.24, 2.45) is 0 Å². The maximum atomic E-state index is 12.5. The largest absolute Gasteiger partial charge is 0.356 e. The highest BCUT2D eigenvalue weighted by Crippen LogP contribution is 2.26. The number of carbonyl (C=O) groups is 1. The molecule has 1 N–H and O–H groups in total. The molecule has 2 aromatic heterocycles. The summed E-state index contributed by atoms with van der Waals surface area (Å²) in [5, 5.41) is 6.89. The first kappa shape index (κ1) is 21.3. The quantitative estimate of drug-likeness (QED) is 0.780. The molecule has 1 aliphatic rings. The van der Waals surface area contributed by atoms with Gasteiger partial charge in [0.05, 0.1) is 0 Å². The zero-order valence-corrected chi connectivity index (χ0v) is 17.4. The van der Waals surface area contributed by atoms with Gasteiger partial charge in [-0.3, -0.25) is 9.78 Å². The number of carbonyl (C=O) groups excluding carboxylic acids is 1. The predicted molar refractivity (Wildman–Crippen MR) is 106 cm³/mol. The third-order valence-corrected chi connectivity index (χ3v) is 6.80. The summed E-state index contributed by atoms with van der Waals surface area (Å²) in [6.45, 7) is 0.950. The fourth-order valence-electron chi connectivity index (χ4n) is 3.19. The van der Waals surface area contributed by atoms with Crippen molar-refractivity contribution in [3.05, 3.63) is 30.4 Å². The predicted octanol–water partition coefficient (Wildman–Crippen LogP) is 1.01. The van der Waals surface area contributed by atoms with E-state index in [1.54, 1.807) is 18.5 Å². The Kier molecular flexibility index (Phi) is 6.93. The molecule has 3 heterocycles. The molecule has 3 rings (SSSR count). The Balaban J connectivity index is 1.75. The lowest BCUT2D eigenvalue weighted by Crippen LogP contribution is -2.42. The van der Waals surface area contributed by atoms with Crippen molar-refractivity contribution in [3.63, 3.8) is 0 Å². The number of nitrogens with one attached hydrogen (secondary N) is 1. The molecule has 1 unspecified atom stereocenters. The topological polar surface area (TPSA) is 122 Å². The first-order valence-electron chi connectivity index (χ1n) is 9.56. The van der Waals surface area contributed by atoms with Crippen LogP contribution >= 0.6 is 0 Å². The minimum absolute atomic E-state index is 0.0739. The van der Waals surface area contributed by atoms with Crippen LogP contribution in [0.5, 0.6) is 0 Å². The molecule has 0 bridgehead atoms. The van der Waals surface area contributed by atoms with Gasteiger partial charge in [-0.1, -0.05) is 5.16 Å². The summed E-state index contributed by atoms with van der Waals surface area (Å²) >= 11 is 0. The van der Waals surface area contributed by atoms with Crippen molar-refractivity contribution in [3.8, 4) is 11.4 Å². The number of amides is 1. The maximum absolute atomic E-state index is 12.5. The fourth-order valence-corrected chi connectivity index (χ4v) is 4.34. The Morgan fingerprint density at radius 3 is 2.83 bits per heavy atom. The van der Waals surface area contributed by atoms with Crippen molar-refractivity contribution in [1.29, 1.82) is 0 Å². The van der Waals surface area contributed by atoms with E-state index < -0.39 is 10.2 Å². The number of pyridine rings is 1. The smallest absolute Gasteiger partial charge is 0.281 e. The lowest BCUT2D eigenvalue weighted by atomic mass is 9.99. The molecule has 1 aliphatic heterocycles. The van der Waals surface area contributed by atoms with Crippen LogP contribution in [0.1, 0.15) is 37.5 Å².